The Balaban J connectivity index is 2.67. The number of hydrogen-bond acceptors (Lipinski definition) is 3. The van der Waals surface area contributed by atoms with E-state index in [1.807, 2.05) is 24.9 Å². The lowest BCUT2D eigenvalue weighted by Crippen LogP contribution is -2.34. The normalized spacial score (nSPS) is 15.3. The summed E-state index contributed by atoms with van der Waals surface area (Å²) in [7, 11) is 1.92. The topological polar surface area (TPSA) is 50.1 Å². The van der Waals surface area contributed by atoms with Gasteiger partial charge in [-0.1, -0.05) is 6.92 Å². The van der Waals surface area contributed by atoms with E-state index in [0.717, 1.165) is 12.1 Å². The molecule has 1 aromatic heterocycles. The van der Waals surface area contributed by atoms with Crippen molar-refractivity contribution in [1.29, 1.82) is 0 Å². The zero-order valence-electron chi connectivity index (χ0n) is 9.99. The van der Waals surface area contributed by atoms with Crippen molar-refractivity contribution in [2.45, 2.75) is 39.3 Å². The zero-order chi connectivity index (χ0) is 11.4. The molecule has 0 aromatic carbocycles. The lowest BCUT2D eigenvalue weighted by molar-refractivity contribution is 0.230. The highest BCUT2D eigenvalue weighted by atomic mass is 16.3. The van der Waals surface area contributed by atoms with Crippen molar-refractivity contribution in [2.24, 2.45) is 7.05 Å². The fourth-order valence-electron chi connectivity index (χ4n) is 1.79. The Morgan fingerprint density at radius 1 is 1.60 bits per heavy atom. The van der Waals surface area contributed by atoms with Gasteiger partial charge >= 0.3 is 0 Å². The van der Waals surface area contributed by atoms with Crippen LogP contribution in [0.3, 0.4) is 0 Å². The van der Waals surface area contributed by atoms with Crippen LogP contribution >= 0.6 is 0 Å². The molecule has 15 heavy (non-hydrogen) atoms. The number of aliphatic hydroxyl groups excluding tert-OH is 1. The number of aryl methyl sites for hydroxylation is 2. The average molecular weight is 211 g/mol. The first kappa shape index (κ1) is 12.2. The van der Waals surface area contributed by atoms with E-state index in [2.05, 4.69) is 24.3 Å². The third-order valence-corrected chi connectivity index (χ3v) is 2.72. The molecule has 4 heteroatoms. The molecule has 1 aromatic rings. The van der Waals surface area contributed by atoms with E-state index in [4.69, 9.17) is 5.11 Å². The Morgan fingerprint density at radius 2 is 2.27 bits per heavy atom. The van der Waals surface area contributed by atoms with E-state index < -0.39 is 0 Å². The second-order valence-corrected chi connectivity index (χ2v) is 4.02. The van der Waals surface area contributed by atoms with Gasteiger partial charge in [0, 0.05) is 30.9 Å². The van der Waals surface area contributed by atoms with Gasteiger partial charge in [0.05, 0.1) is 12.3 Å². The Kier molecular flexibility index (Phi) is 4.29. The van der Waals surface area contributed by atoms with E-state index >= 15 is 0 Å². The Morgan fingerprint density at radius 3 is 2.67 bits per heavy atom. The van der Waals surface area contributed by atoms with Crippen LogP contribution in [0.5, 0.6) is 0 Å². The number of rotatable bonds is 5. The summed E-state index contributed by atoms with van der Waals surface area (Å²) in [6.07, 6.45) is 2.96. The molecule has 0 radical (unpaired) electrons. The van der Waals surface area contributed by atoms with E-state index in [1.54, 1.807) is 0 Å². The van der Waals surface area contributed by atoms with Crippen molar-refractivity contribution in [3.63, 3.8) is 0 Å². The van der Waals surface area contributed by atoms with Gasteiger partial charge in [-0.2, -0.15) is 5.10 Å². The maximum absolute atomic E-state index is 9.11. The van der Waals surface area contributed by atoms with Crippen LogP contribution in [-0.2, 0) is 7.05 Å². The quantitative estimate of drug-likeness (QED) is 0.768. The molecule has 86 valence electrons. The van der Waals surface area contributed by atoms with Crippen molar-refractivity contribution < 1.29 is 5.11 Å². The van der Waals surface area contributed by atoms with Crippen molar-refractivity contribution in [3.05, 3.63) is 17.5 Å². The lowest BCUT2D eigenvalue weighted by Gasteiger charge is -2.20. The van der Waals surface area contributed by atoms with Gasteiger partial charge in [-0.05, 0) is 20.3 Å². The first-order valence-corrected chi connectivity index (χ1v) is 5.45. The maximum atomic E-state index is 9.11. The zero-order valence-corrected chi connectivity index (χ0v) is 9.99. The predicted molar refractivity (Wildman–Crippen MR) is 60.7 cm³/mol. The highest BCUT2D eigenvalue weighted by molar-refractivity contribution is 5.19. The molecule has 0 saturated heterocycles. The van der Waals surface area contributed by atoms with Gasteiger partial charge in [0.25, 0.3) is 0 Å². The first-order chi connectivity index (χ1) is 7.08. The Bertz CT molecular complexity index is 305. The molecule has 4 nitrogen and oxygen atoms in total. The summed E-state index contributed by atoms with van der Waals surface area (Å²) in [5.41, 5.74) is 2.25. The minimum Gasteiger partial charge on any atom is -0.395 e. The molecule has 2 N–H and O–H groups in total. The van der Waals surface area contributed by atoms with Crippen LogP contribution in [0.15, 0.2) is 6.20 Å². The number of aromatic nitrogens is 2. The highest BCUT2D eigenvalue weighted by Gasteiger charge is 2.14. The van der Waals surface area contributed by atoms with Gasteiger partial charge < -0.3 is 10.4 Å². The molecule has 0 bridgehead atoms. The molecule has 0 saturated carbocycles. The van der Waals surface area contributed by atoms with E-state index in [9.17, 15) is 0 Å². The van der Waals surface area contributed by atoms with E-state index in [-0.39, 0.29) is 18.7 Å². The van der Waals surface area contributed by atoms with Crippen LogP contribution < -0.4 is 5.32 Å². The number of aliphatic hydroxyl groups is 1. The van der Waals surface area contributed by atoms with Crippen LogP contribution in [0.4, 0.5) is 0 Å². The Labute approximate surface area is 91.3 Å². The highest BCUT2D eigenvalue weighted by Crippen LogP contribution is 2.16. The monoisotopic (exact) mass is 211 g/mol. The molecule has 1 heterocycles. The van der Waals surface area contributed by atoms with Crippen LogP contribution in [0.25, 0.3) is 0 Å². The van der Waals surface area contributed by atoms with Crippen molar-refractivity contribution in [3.8, 4) is 0 Å². The molecular weight excluding hydrogens is 190 g/mol. The molecular formula is C11H21N3O. The summed E-state index contributed by atoms with van der Waals surface area (Å²) in [5.74, 6) is 0. The molecule has 2 atom stereocenters. The predicted octanol–water partition coefficient (Wildman–Crippen LogP) is 1.15. The van der Waals surface area contributed by atoms with Crippen molar-refractivity contribution in [2.75, 3.05) is 6.61 Å². The number of nitrogens with one attached hydrogen (secondary N) is 1. The third kappa shape index (κ3) is 3.04. The van der Waals surface area contributed by atoms with Gasteiger partial charge in [0.1, 0.15) is 0 Å². The van der Waals surface area contributed by atoms with Gasteiger partial charge in [-0.3, -0.25) is 4.68 Å². The standard InChI is InChI=1S/C11H21N3O/c1-5-10(7-15)12-8(2)11-6-14(4)13-9(11)3/h6,8,10,12,15H,5,7H2,1-4H3. The second-order valence-electron chi connectivity index (χ2n) is 4.02. The lowest BCUT2D eigenvalue weighted by atomic mass is 10.1. The van der Waals surface area contributed by atoms with Crippen LogP contribution in [0, 0.1) is 6.92 Å². The number of nitrogens with zero attached hydrogens (tertiary/aromatic N) is 2. The van der Waals surface area contributed by atoms with Gasteiger partial charge in [-0.15, -0.1) is 0 Å². The van der Waals surface area contributed by atoms with E-state index in [0.29, 0.717) is 0 Å². The molecule has 0 amide bonds. The summed E-state index contributed by atoms with van der Waals surface area (Å²) in [6.45, 7) is 6.35. The van der Waals surface area contributed by atoms with Crippen LogP contribution in [-0.4, -0.2) is 27.5 Å². The third-order valence-electron chi connectivity index (χ3n) is 2.72. The average Bonchev–Trinajstić information content (AvgIpc) is 2.54. The minimum atomic E-state index is 0.166. The van der Waals surface area contributed by atoms with E-state index in [1.165, 1.54) is 5.56 Å². The molecule has 0 fully saturated rings. The summed E-state index contributed by atoms with van der Waals surface area (Å²) in [4.78, 5) is 0. The minimum absolute atomic E-state index is 0.166. The fraction of sp³-hybridized carbons (Fsp3) is 0.727. The van der Waals surface area contributed by atoms with Crippen LogP contribution in [0.1, 0.15) is 37.6 Å². The molecule has 2 unspecified atom stereocenters. The first-order valence-electron chi connectivity index (χ1n) is 5.45. The van der Waals surface area contributed by atoms with Gasteiger partial charge in [-0.25, -0.2) is 0 Å². The van der Waals surface area contributed by atoms with Gasteiger partial charge in [0.2, 0.25) is 0 Å². The second kappa shape index (κ2) is 5.28. The Hall–Kier alpha value is -0.870. The largest absolute Gasteiger partial charge is 0.395 e. The van der Waals surface area contributed by atoms with Crippen LogP contribution in [0.2, 0.25) is 0 Å². The summed E-state index contributed by atoms with van der Waals surface area (Å²) in [5, 5.41) is 16.8. The fourth-order valence-corrected chi connectivity index (χ4v) is 1.79. The van der Waals surface area contributed by atoms with Crippen molar-refractivity contribution in [1.82, 2.24) is 15.1 Å². The SMILES string of the molecule is CCC(CO)NC(C)c1cn(C)nc1C. The molecule has 0 aliphatic heterocycles. The number of hydrogen-bond donors (Lipinski definition) is 2. The maximum Gasteiger partial charge on any atom is 0.0641 e. The van der Waals surface area contributed by atoms with Gasteiger partial charge in [0.15, 0.2) is 0 Å². The summed E-state index contributed by atoms with van der Waals surface area (Å²) < 4.78 is 1.82. The molecule has 0 spiro atoms. The molecule has 1 rings (SSSR count). The molecule has 0 aliphatic carbocycles. The summed E-state index contributed by atoms with van der Waals surface area (Å²) >= 11 is 0. The summed E-state index contributed by atoms with van der Waals surface area (Å²) in [6, 6.07) is 0.399. The molecule has 0 aliphatic rings. The van der Waals surface area contributed by atoms with Crippen molar-refractivity contribution >= 4 is 0 Å². The smallest absolute Gasteiger partial charge is 0.0641 e.